The molecule has 0 radical (unpaired) electrons. The van der Waals surface area contributed by atoms with Gasteiger partial charge in [-0.1, -0.05) is 17.3 Å². The summed E-state index contributed by atoms with van der Waals surface area (Å²) in [6, 6.07) is 11.4. The first-order chi connectivity index (χ1) is 21.2. The molecule has 4 N–H and O–H groups in total. The van der Waals surface area contributed by atoms with Gasteiger partial charge in [-0.3, -0.25) is 4.79 Å². The van der Waals surface area contributed by atoms with E-state index in [9.17, 15) is 22.7 Å². The van der Waals surface area contributed by atoms with Crippen molar-refractivity contribution in [1.29, 1.82) is 0 Å². The van der Waals surface area contributed by atoms with Crippen molar-refractivity contribution in [1.82, 2.24) is 25.3 Å². The van der Waals surface area contributed by atoms with Crippen LogP contribution in [-0.2, 0) is 31.9 Å². The summed E-state index contributed by atoms with van der Waals surface area (Å²) in [6.07, 6.45) is 2.06. The number of carbonyl (C=O) groups excluding carboxylic acids is 1. The van der Waals surface area contributed by atoms with E-state index in [-0.39, 0.29) is 30.2 Å². The van der Waals surface area contributed by atoms with Crippen molar-refractivity contribution in [3.63, 3.8) is 0 Å². The van der Waals surface area contributed by atoms with Crippen molar-refractivity contribution in [2.75, 3.05) is 39.3 Å². The lowest BCUT2D eigenvalue weighted by Crippen LogP contribution is -2.42. The maximum Gasteiger partial charge on any atom is 0.323 e. The molecule has 2 aromatic carbocycles. The Balaban J connectivity index is 1.32. The Morgan fingerprint density at radius 2 is 2.05 bits per heavy atom. The van der Waals surface area contributed by atoms with Crippen LogP contribution in [0.5, 0.6) is 11.5 Å². The van der Waals surface area contributed by atoms with Gasteiger partial charge in [-0.05, 0) is 42.3 Å². The molecular formula is C27H33FN6O7S3. The number of alkyl halides is 1. The molecule has 0 aliphatic carbocycles. The fraction of sp³-hybridized carbons (Fsp3) is 0.407. The van der Waals surface area contributed by atoms with Gasteiger partial charge >= 0.3 is 5.97 Å². The zero-order valence-electron chi connectivity index (χ0n) is 23.8. The van der Waals surface area contributed by atoms with Gasteiger partial charge in [-0.25, -0.2) is 27.6 Å². The van der Waals surface area contributed by atoms with E-state index in [0.717, 1.165) is 16.9 Å². The number of fused-ring (bicyclic) bond motifs is 1. The molecular weight excluding hydrogens is 636 g/mol. The van der Waals surface area contributed by atoms with Gasteiger partial charge in [0.15, 0.2) is 0 Å². The summed E-state index contributed by atoms with van der Waals surface area (Å²) in [5.74, 6) is 1.70. The number of sulfonamides is 1. The van der Waals surface area contributed by atoms with E-state index in [4.69, 9.17) is 19.3 Å². The second-order valence-corrected chi connectivity index (χ2v) is 13.3. The molecule has 0 spiro atoms. The molecule has 0 fully saturated rings. The molecule has 4 rings (SSSR count). The topological polar surface area (TPSA) is 181 Å². The Bertz CT molecular complexity index is 1630. The van der Waals surface area contributed by atoms with Crippen molar-refractivity contribution < 1.29 is 36.9 Å². The molecule has 0 unspecified atom stereocenters. The second-order valence-electron chi connectivity index (χ2n) is 9.48. The number of aromatic nitrogens is 4. The number of carbonyl (C=O) groups is 1. The van der Waals surface area contributed by atoms with Crippen LogP contribution >= 0.6 is 23.1 Å². The smallest absolute Gasteiger partial charge is 0.323 e. The molecule has 2 aromatic heterocycles. The average Bonchev–Trinajstić information content (AvgIpc) is 3.67. The van der Waals surface area contributed by atoms with E-state index >= 15 is 0 Å². The van der Waals surface area contributed by atoms with Gasteiger partial charge in [-0.2, -0.15) is 11.8 Å². The number of nitrogens with two attached hydrogens (primary N) is 1. The van der Waals surface area contributed by atoms with Crippen molar-refractivity contribution in [3.05, 3.63) is 59.9 Å². The van der Waals surface area contributed by atoms with Crippen LogP contribution in [-0.4, -0.2) is 84.8 Å². The van der Waals surface area contributed by atoms with Crippen LogP contribution < -0.4 is 19.9 Å². The number of nitrogens with zero attached hydrogens (tertiary/aromatic N) is 4. The minimum atomic E-state index is -3.90. The van der Waals surface area contributed by atoms with Gasteiger partial charge in [0.1, 0.15) is 43.1 Å². The molecule has 238 valence electrons. The van der Waals surface area contributed by atoms with Gasteiger partial charge in [0.25, 0.3) is 10.0 Å². The molecule has 0 aliphatic rings. The third-order valence-electron chi connectivity index (χ3n) is 6.25. The molecule has 0 aliphatic heterocycles. The van der Waals surface area contributed by atoms with E-state index in [2.05, 4.69) is 20.6 Å². The number of thioether (sulfide) groups is 1. The zero-order valence-corrected chi connectivity index (χ0v) is 26.2. The maximum absolute atomic E-state index is 12.5. The third-order valence-corrected chi connectivity index (χ3v) is 9.69. The van der Waals surface area contributed by atoms with Crippen LogP contribution in [0, 0.1) is 0 Å². The molecule has 13 nitrogen and oxygen atoms in total. The van der Waals surface area contributed by atoms with E-state index in [1.165, 1.54) is 18.9 Å². The minimum Gasteiger partial charge on any atom is -0.491 e. The molecule has 2 heterocycles. The molecule has 2 atom stereocenters. The molecule has 0 saturated carbocycles. The van der Waals surface area contributed by atoms with E-state index in [0.29, 0.717) is 51.9 Å². The number of ether oxygens (including phenoxy) is 3. The SMILES string of the molecule is COC(=O)[C@@H](CSCc1cccc(OCCF)c1)NC[C@H](CCO)n1cc(COc2ccc3nc(S(N)(=O)=O)sc3c2)nn1. The minimum absolute atomic E-state index is 0.00386. The van der Waals surface area contributed by atoms with Crippen molar-refractivity contribution in [3.8, 4) is 11.5 Å². The highest BCUT2D eigenvalue weighted by molar-refractivity contribution is 7.98. The lowest BCUT2D eigenvalue weighted by atomic mass is 10.2. The van der Waals surface area contributed by atoms with Crippen LogP contribution in [0.4, 0.5) is 4.39 Å². The highest BCUT2D eigenvalue weighted by Gasteiger charge is 2.22. The zero-order chi connectivity index (χ0) is 31.5. The Kier molecular flexibility index (Phi) is 12.3. The van der Waals surface area contributed by atoms with Crippen LogP contribution in [0.1, 0.15) is 23.7 Å². The number of benzene rings is 2. The van der Waals surface area contributed by atoms with E-state index in [1.807, 2.05) is 18.2 Å². The molecule has 0 saturated heterocycles. The number of esters is 1. The van der Waals surface area contributed by atoms with Crippen molar-refractivity contribution in [2.45, 2.75) is 35.2 Å². The monoisotopic (exact) mass is 668 g/mol. The van der Waals surface area contributed by atoms with Gasteiger partial charge in [0.2, 0.25) is 4.34 Å². The third kappa shape index (κ3) is 9.57. The van der Waals surface area contributed by atoms with E-state index < -0.39 is 28.7 Å². The lowest BCUT2D eigenvalue weighted by molar-refractivity contribution is -0.142. The molecule has 44 heavy (non-hydrogen) atoms. The van der Waals surface area contributed by atoms with Crippen LogP contribution in [0.15, 0.2) is 53.0 Å². The Hall–Kier alpha value is -3.35. The number of rotatable bonds is 18. The Morgan fingerprint density at radius 3 is 2.80 bits per heavy atom. The molecule has 0 bridgehead atoms. The average molecular weight is 669 g/mol. The summed E-state index contributed by atoms with van der Waals surface area (Å²) in [6.45, 7) is -0.272. The first-order valence-electron chi connectivity index (χ1n) is 13.4. The number of hydrogen-bond acceptors (Lipinski definition) is 13. The van der Waals surface area contributed by atoms with Gasteiger partial charge in [0, 0.05) is 24.7 Å². The summed E-state index contributed by atoms with van der Waals surface area (Å²) in [4.78, 5) is 16.5. The number of nitrogens with one attached hydrogen (secondary N) is 1. The Labute approximate surface area is 261 Å². The number of methoxy groups -OCH3 is 1. The summed E-state index contributed by atoms with van der Waals surface area (Å²) >= 11 is 2.48. The maximum atomic E-state index is 12.5. The van der Waals surface area contributed by atoms with Crippen molar-refractivity contribution in [2.24, 2.45) is 5.14 Å². The fourth-order valence-electron chi connectivity index (χ4n) is 4.09. The standard InChI is InChI=1S/C27H33FN6O7S3/c1-39-26(36)24(17-42-16-18-3-2-4-21(11-18)40-10-8-28)30-13-20(7-9-35)34-14-19(32-33-34)15-41-22-5-6-23-25(12-22)43-27(31-23)44(29,37)38/h2-6,11-12,14,20,24,30,35H,7-10,13,15-17H2,1H3,(H2,29,37,38)/t20-,24+/m0/s1. The summed E-state index contributed by atoms with van der Waals surface area (Å²) < 4.78 is 53.8. The van der Waals surface area contributed by atoms with Crippen LogP contribution in [0.25, 0.3) is 10.2 Å². The highest BCUT2D eigenvalue weighted by Crippen LogP contribution is 2.28. The molecule has 0 amide bonds. The predicted molar refractivity (Wildman–Crippen MR) is 164 cm³/mol. The summed E-state index contributed by atoms with van der Waals surface area (Å²) in [5, 5.41) is 26.4. The lowest BCUT2D eigenvalue weighted by Gasteiger charge is -2.21. The number of aliphatic hydroxyl groups is 1. The highest BCUT2D eigenvalue weighted by atomic mass is 32.2. The summed E-state index contributed by atoms with van der Waals surface area (Å²) in [7, 11) is -2.57. The van der Waals surface area contributed by atoms with Crippen molar-refractivity contribution >= 4 is 49.3 Å². The first kappa shape index (κ1) is 33.5. The predicted octanol–water partition coefficient (Wildman–Crippen LogP) is 2.45. The number of primary sulfonamides is 1. The normalized spacial score (nSPS) is 13.1. The largest absolute Gasteiger partial charge is 0.491 e. The van der Waals surface area contributed by atoms with Crippen LogP contribution in [0.3, 0.4) is 0 Å². The van der Waals surface area contributed by atoms with E-state index in [1.54, 1.807) is 35.1 Å². The number of hydrogen-bond donors (Lipinski definition) is 3. The summed E-state index contributed by atoms with van der Waals surface area (Å²) in [5.41, 5.74) is 2.00. The number of halogens is 1. The molecule has 4 aromatic rings. The van der Waals surface area contributed by atoms with Crippen LogP contribution in [0.2, 0.25) is 0 Å². The quantitative estimate of drug-likeness (QED) is 0.132. The fourth-order valence-corrected chi connectivity index (χ4v) is 6.80. The van der Waals surface area contributed by atoms with Gasteiger partial charge in [0.05, 0.1) is 29.6 Å². The van der Waals surface area contributed by atoms with Gasteiger partial charge in [-0.15, -0.1) is 16.4 Å². The Morgan fingerprint density at radius 1 is 1.23 bits per heavy atom. The van der Waals surface area contributed by atoms with Gasteiger partial charge < -0.3 is 24.6 Å². The number of aliphatic hydroxyl groups excluding tert-OH is 1. The first-order valence-corrected chi connectivity index (χ1v) is 17.0. The second kappa shape index (κ2) is 16.1. The molecule has 17 heteroatoms. The number of thiazole rings is 1.